The molecule has 1 aromatic carbocycles. The lowest BCUT2D eigenvalue weighted by Crippen LogP contribution is -2.21. The van der Waals surface area contributed by atoms with Gasteiger partial charge in [0, 0.05) is 24.0 Å². The van der Waals surface area contributed by atoms with Crippen LogP contribution in [0.15, 0.2) is 24.7 Å². The number of aromatic nitrogens is 2. The minimum atomic E-state index is -0.221. The summed E-state index contributed by atoms with van der Waals surface area (Å²) in [5, 5.41) is 5.79. The van der Waals surface area contributed by atoms with Crippen LogP contribution in [0, 0.1) is 6.92 Å². The lowest BCUT2D eigenvalue weighted by atomic mass is 9.98. The van der Waals surface area contributed by atoms with Gasteiger partial charge in [-0.3, -0.25) is 9.59 Å². The van der Waals surface area contributed by atoms with Gasteiger partial charge in [-0.05, 0) is 43.0 Å². The molecule has 6 nitrogen and oxygen atoms in total. The predicted octanol–water partition coefficient (Wildman–Crippen LogP) is 2.48. The molecule has 0 fully saturated rings. The number of nitrogens with one attached hydrogen (secondary N) is 2. The molecule has 0 aliphatic carbocycles. The second kappa shape index (κ2) is 6.16. The van der Waals surface area contributed by atoms with E-state index in [4.69, 9.17) is 0 Å². The van der Waals surface area contributed by atoms with Gasteiger partial charge in [0.2, 0.25) is 5.91 Å². The molecule has 0 unspecified atom stereocenters. The molecule has 6 heteroatoms. The van der Waals surface area contributed by atoms with Gasteiger partial charge in [-0.1, -0.05) is 6.92 Å². The average Bonchev–Trinajstić information content (AvgIpc) is 2.55. The third-order valence-corrected chi connectivity index (χ3v) is 3.94. The van der Waals surface area contributed by atoms with Crippen molar-refractivity contribution in [1.82, 2.24) is 9.97 Å². The van der Waals surface area contributed by atoms with Crippen molar-refractivity contribution in [2.45, 2.75) is 33.1 Å². The molecule has 2 N–H and O–H groups in total. The zero-order chi connectivity index (χ0) is 16.4. The van der Waals surface area contributed by atoms with Gasteiger partial charge in [0.1, 0.15) is 6.33 Å². The number of carbonyl (C=O) groups excluding carboxylic acids is 2. The molecule has 0 saturated carbocycles. The SMILES string of the molecule is CCc1ncncc1C(=O)Nc1cc(C)c2c(c1)CCC(=O)N2. The largest absolute Gasteiger partial charge is 0.326 e. The van der Waals surface area contributed by atoms with Crippen LogP contribution in [0.2, 0.25) is 0 Å². The number of nitrogens with zero attached hydrogens (tertiary/aromatic N) is 2. The summed E-state index contributed by atoms with van der Waals surface area (Å²) in [4.78, 5) is 32.0. The Labute approximate surface area is 134 Å². The first-order valence-electron chi connectivity index (χ1n) is 7.62. The molecule has 1 aromatic heterocycles. The van der Waals surface area contributed by atoms with Crippen LogP contribution in [0.1, 0.15) is 40.5 Å². The van der Waals surface area contributed by atoms with E-state index in [2.05, 4.69) is 20.6 Å². The number of fused-ring (bicyclic) bond motifs is 1. The number of aryl methyl sites for hydroxylation is 3. The van der Waals surface area contributed by atoms with E-state index in [9.17, 15) is 9.59 Å². The van der Waals surface area contributed by atoms with Crippen molar-refractivity contribution in [3.8, 4) is 0 Å². The van der Waals surface area contributed by atoms with Gasteiger partial charge >= 0.3 is 0 Å². The van der Waals surface area contributed by atoms with Gasteiger partial charge < -0.3 is 10.6 Å². The van der Waals surface area contributed by atoms with Crippen LogP contribution in [-0.4, -0.2) is 21.8 Å². The van der Waals surface area contributed by atoms with E-state index >= 15 is 0 Å². The molecule has 0 spiro atoms. The predicted molar refractivity (Wildman–Crippen MR) is 87.5 cm³/mol. The molecular weight excluding hydrogens is 292 g/mol. The zero-order valence-electron chi connectivity index (χ0n) is 13.1. The highest BCUT2D eigenvalue weighted by Crippen LogP contribution is 2.30. The maximum absolute atomic E-state index is 12.5. The van der Waals surface area contributed by atoms with Crippen LogP contribution in [-0.2, 0) is 17.6 Å². The molecule has 118 valence electrons. The molecule has 2 heterocycles. The van der Waals surface area contributed by atoms with E-state index in [1.807, 2.05) is 26.0 Å². The first-order chi connectivity index (χ1) is 11.1. The van der Waals surface area contributed by atoms with Crippen LogP contribution >= 0.6 is 0 Å². The standard InChI is InChI=1S/C17H18N4O2/c1-3-14-13(8-18-9-19-14)17(23)20-12-6-10(2)16-11(7-12)4-5-15(22)21-16/h6-9H,3-5H2,1-2H3,(H,20,23)(H,21,22). The van der Waals surface area contributed by atoms with Crippen molar-refractivity contribution in [3.63, 3.8) is 0 Å². The zero-order valence-corrected chi connectivity index (χ0v) is 13.1. The average molecular weight is 310 g/mol. The van der Waals surface area contributed by atoms with Crippen LogP contribution in [0.3, 0.4) is 0 Å². The highest BCUT2D eigenvalue weighted by molar-refractivity contribution is 6.05. The number of hydrogen-bond donors (Lipinski definition) is 2. The Hall–Kier alpha value is -2.76. The summed E-state index contributed by atoms with van der Waals surface area (Å²) in [6, 6.07) is 3.77. The Morgan fingerprint density at radius 1 is 1.35 bits per heavy atom. The van der Waals surface area contributed by atoms with E-state index in [0.717, 1.165) is 22.5 Å². The number of benzene rings is 1. The van der Waals surface area contributed by atoms with E-state index in [1.54, 1.807) is 0 Å². The number of anilines is 2. The molecule has 0 bridgehead atoms. The Morgan fingerprint density at radius 3 is 2.96 bits per heavy atom. The minimum Gasteiger partial charge on any atom is -0.326 e. The number of amides is 2. The summed E-state index contributed by atoms with van der Waals surface area (Å²) in [6.45, 7) is 3.87. The third-order valence-electron chi connectivity index (χ3n) is 3.94. The second-order valence-electron chi connectivity index (χ2n) is 5.57. The summed E-state index contributed by atoms with van der Waals surface area (Å²) in [5.41, 5.74) is 4.76. The van der Waals surface area contributed by atoms with Gasteiger partial charge in [-0.25, -0.2) is 9.97 Å². The van der Waals surface area contributed by atoms with Crippen molar-refractivity contribution < 1.29 is 9.59 Å². The monoisotopic (exact) mass is 310 g/mol. The van der Waals surface area contributed by atoms with Crippen LogP contribution in [0.25, 0.3) is 0 Å². The summed E-state index contributed by atoms with van der Waals surface area (Å²) in [6.07, 6.45) is 4.80. The Balaban J connectivity index is 1.87. The molecule has 2 amide bonds. The van der Waals surface area contributed by atoms with Crippen molar-refractivity contribution in [2.75, 3.05) is 10.6 Å². The van der Waals surface area contributed by atoms with Gasteiger partial charge in [0.15, 0.2) is 0 Å². The summed E-state index contributed by atoms with van der Waals surface area (Å²) < 4.78 is 0. The third kappa shape index (κ3) is 3.06. The van der Waals surface area contributed by atoms with Crippen molar-refractivity contribution in [1.29, 1.82) is 0 Å². The van der Waals surface area contributed by atoms with E-state index in [-0.39, 0.29) is 11.8 Å². The van der Waals surface area contributed by atoms with Crippen molar-refractivity contribution >= 4 is 23.2 Å². The number of hydrogen-bond acceptors (Lipinski definition) is 4. The normalized spacial score (nSPS) is 13.2. The van der Waals surface area contributed by atoms with Gasteiger partial charge in [0.25, 0.3) is 5.91 Å². The van der Waals surface area contributed by atoms with E-state index in [0.29, 0.717) is 30.5 Å². The van der Waals surface area contributed by atoms with Gasteiger partial charge in [-0.15, -0.1) is 0 Å². The highest BCUT2D eigenvalue weighted by atomic mass is 16.2. The molecule has 1 aliphatic heterocycles. The van der Waals surface area contributed by atoms with Crippen LogP contribution in [0.4, 0.5) is 11.4 Å². The Bertz CT molecular complexity index is 786. The van der Waals surface area contributed by atoms with Crippen LogP contribution in [0.5, 0.6) is 0 Å². The molecular formula is C17H18N4O2. The number of carbonyl (C=O) groups is 2. The quantitative estimate of drug-likeness (QED) is 0.912. The first-order valence-corrected chi connectivity index (χ1v) is 7.62. The van der Waals surface area contributed by atoms with Crippen LogP contribution < -0.4 is 10.6 Å². The lowest BCUT2D eigenvalue weighted by molar-refractivity contribution is -0.116. The second-order valence-corrected chi connectivity index (χ2v) is 5.57. The molecule has 3 rings (SSSR count). The summed E-state index contributed by atoms with van der Waals surface area (Å²) >= 11 is 0. The Morgan fingerprint density at radius 2 is 2.17 bits per heavy atom. The van der Waals surface area contributed by atoms with E-state index in [1.165, 1.54) is 12.5 Å². The molecule has 23 heavy (non-hydrogen) atoms. The number of rotatable bonds is 3. The van der Waals surface area contributed by atoms with E-state index < -0.39 is 0 Å². The topological polar surface area (TPSA) is 84.0 Å². The fourth-order valence-electron chi connectivity index (χ4n) is 2.78. The molecule has 0 saturated heterocycles. The summed E-state index contributed by atoms with van der Waals surface area (Å²) in [5.74, 6) is -0.187. The molecule has 2 aromatic rings. The highest BCUT2D eigenvalue weighted by Gasteiger charge is 2.19. The molecule has 0 radical (unpaired) electrons. The first kappa shape index (κ1) is 15.1. The molecule has 1 aliphatic rings. The van der Waals surface area contributed by atoms with Gasteiger partial charge in [0.05, 0.1) is 11.3 Å². The van der Waals surface area contributed by atoms with Crippen molar-refractivity contribution in [3.05, 3.63) is 47.0 Å². The maximum Gasteiger partial charge on any atom is 0.259 e. The minimum absolute atomic E-state index is 0.0337. The molecule has 0 atom stereocenters. The Kier molecular flexibility index (Phi) is 4.06. The fourth-order valence-corrected chi connectivity index (χ4v) is 2.78. The smallest absolute Gasteiger partial charge is 0.259 e. The van der Waals surface area contributed by atoms with Gasteiger partial charge in [-0.2, -0.15) is 0 Å². The lowest BCUT2D eigenvalue weighted by Gasteiger charge is -2.20. The summed E-state index contributed by atoms with van der Waals surface area (Å²) in [7, 11) is 0. The fraction of sp³-hybridized carbons (Fsp3) is 0.294. The van der Waals surface area contributed by atoms with Crippen molar-refractivity contribution in [2.24, 2.45) is 0 Å². The maximum atomic E-state index is 12.5.